The van der Waals surface area contributed by atoms with E-state index in [0.717, 1.165) is 5.39 Å². The number of nitrogens with zero attached hydrogens (tertiary/aromatic N) is 1. The summed E-state index contributed by atoms with van der Waals surface area (Å²) in [5, 5.41) is 7.54. The van der Waals surface area contributed by atoms with Gasteiger partial charge in [-0.1, -0.05) is 17.3 Å². The van der Waals surface area contributed by atoms with Crippen molar-refractivity contribution < 1.29 is 18.5 Å². The van der Waals surface area contributed by atoms with Gasteiger partial charge in [-0.05, 0) is 31.2 Å². The summed E-state index contributed by atoms with van der Waals surface area (Å²) in [7, 11) is 0. The van der Waals surface area contributed by atoms with Crippen LogP contribution in [0.4, 0.5) is 0 Å². The zero-order chi connectivity index (χ0) is 16.2. The Morgan fingerprint density at radius 1 is 1.22 bits per heavy atom. The topological polar surface area (TPSA) is 85.3 Å². The molecule has 0 radical (unpaired) electrons. The lowest BCUT2D eigenvalue weighted by molar-refractivity contribution is -0.121. The van der Waals surface area contributed by atoms with Crippen molar-refractivity contribution in [3.63, 3.8) is 0 Å². The van der Waals surface area contributed by atoms with Gasteiger partial charge in [0.25, 0.3) is 0 Å². The number of ketones is 1. The fourth-order valence-electron chi connectivity index (χ4n) is 2.41. The van der Waals surface area contributed by atoms with E-state index in [2.05, 4.69) is 10.5 Å². The Labute approximate surface area is 132 Å². The maximum Gasteiger partial charge on any atom is 0.226 e. The molecule has 0 aliphatic rings. The molecule has 1 N–H and O–H groups in total. The van der Waals surface area contributed by atoms with Gasteiger partial charge in [0.2, 0.25) is 5.91 Å². The zero-order valence-electron chi connectivity index (χ0n) is 12.6. The van der Waals surface area contributed by atoms with Crippen molar-refractivity contribution in [2.75, 3.05) is 0 Å². The third kappa shape index (κ3) is 3.48. The van der Waals surface area contributed by atoms with Crippen molar-refractivity contribution in [2.24, 2.45) is 0 Å². The fourth-order valence-corrected chi connectivity index (χ4v) is 2.41. The van der Waals surface area contributed by atoms with E-state index < -0.39 is 0 Å². The molecule has 0 saturated heterocycles. The van der Waals surface area contributed by atoms with Crippen LogP contribution in [0.2, 0.25) is 0 Å². The Bertz CT molecular complexity index is 820. The average molecular weight is 312 g/mol. The van der Waals surface area contributed by atoms with Crippen LogP contribution in [-0.4, -0.2) is 22.9 Å². The first-order chi connectivity index (χ1) is 11.1. The standard InChI is InChI=1S/C17H16N2O4/c1-11(9-14(20)16-7-4-8-22-16)18-17(21)10-13-12-5-2-3-6-15(12)23-19-13/h2-8,11H,9-10H2,1H3,(H,18,21). The molecule has 6 nitrogen and oxygen atoms in total. The number of hydrogen-bond donors (Lipinski definition) is 1. The van der Waals surface area contributed by atoms with Crippen LogP contribution in [0, 0.1) is 0 Å². The molecule has 1 unspecified atom stereocenters. The summed E-state index contributed by atoms with van der Waals surface area (Å²) >= 11 is 0. The van der Waals surface area contributed by atoms with Gasteiger partial charge in [-0.15, -0.1) is 0 Å². The molecule has 3 rings (SSSR count). The largest absolute Gasteiger partial charge is 0.461 e. The summed E-state index contributed by atoms with van der Waals surface area (Å²) in [6.45, 7) is 1.78. The minimum atomic E-state index is -0.293. The molecular formula is C17H16N2O4. The molecule has 6 heteroatoms. The van der Waals surface area contributed by atoms with Gasteiger partial charge in [-0.2, -0.15) is 0 Å². The molecule has 0 bridgehead atoms. The first-order valence-electron chi connectivity index (χ1n) is 7.33. The number of benzene rings is 1. The van der Waals surface area contributed by atoms with Crippen LogP contribution in [0.3, 0.4) is 0 Å². The number of furan rings is 1. The molecule has 0 spiro atoms. The van der Waals surface area contributed by atoms with E-state index in [9.17, 15) is 9.59 Å². The molecule has 1 atom stereocenters. The summed E-state index contributed by atoms with van der Waals surface area (Å²) in [5.74, 6) is -0.0490. The van der Waals surface area contributed by atoms with Crippen LogP contribution in [0.5, 0.6) is 0 Å². The van der Waals surface area contributed by atoms with Gasteiger partial charge in [-0.3, -0.25) is 9.59 Å². The number of hydrogen-bond acceptors (Lipinski definition) is 5. The number of fused-ring (bicyclic) bond motifs is 1. The highest BCUT2D eigenvalue weighted by Gasteiger charge is 2.17. The van der Waals surface area contributed by atoms with Gasteiger partial charge < -0.3 is 14.3 Å². The lowest BCUT2D eigenvalue weighted by Crippen LogP contribution is -2.35. The van der Waals surface area contributed by atoms with E-state index in [1.54, 1.807) is 25.1 Å². The van der Waals surface area contributed by atoms with Gasteiger partial charge in [0.1, 0.15) is 5.69 Å². The van der Waals surface area contributed by atoms with E-state index >= 15 is 0 Å². The molecule has 2 aromatic heterocycles. The van der Waals surface area contributed by atoms with Crippen molar-refractivity contribution in [3.05, 3.63) is 54.1 Å². The maximum absolute atomic E-state index is 12.1. The third-order valence-corrected chi connectivity index (χ3v) is 3.48. The minimum Gasteiger partial charge on any atom is -0.461 e. The number of Topliss-reactive ketones (excluding diaryl/α,β-unsaturated/α-hetero) is 1. The fraction of sp³-hybridized carbons (Fsp3) is 0.235. The van der Waals surface area contributed by atoms with Crippen LogP contribution < -0.4 is 5.32 Å². The Morgan fingerprint density at radius 2 is 2.04 bits per heavy atom. The molecule has 3 aromatic rings. The second-order valence-electron chi connectivity index (χ2n) is 5.38. The second-order valence-corrected chi connectivity index (χ2v) is 5.38. The average Bonchev–Trinajstić information content (AvgIpc) is 3.17. The van der Waals surface area contributed by atoms with Crippen LogP contribution >= 0.6 is 0 Å². The Balaban J connectivity index is 1.57. The zero-order valence-corrected chi connectivity index (χ0v) is 12.6. The van der Waals surface area contributed by atoms with Crippen LogP contribution in [0.1, 0.15) is 29.6 Å². The quantitative estimate of drug-likeness (QED) is 0.707. The van der Waals surface area contributed by atoms with E-state index in [1.165, 1.54) is 6.26 Å². The van der Waals surface area contributed by atoms with Crippen molar-refractivity contribution in [3.8, 4) is 0 Å². The van der Waals surface area contributed by atoms with Crippen molar-refractivity contribution >= 4 is 22.7 Å². The highest BCUT2D eigenvalue weighted by atomic mass is 16.5. The molecule has 1 amide bonds. The van der Waals surface area contributed by atoms with Gasteiger partial charge in [0.05, 0.1) is 12.7 Å². The van der Waals surface area contributed by atoms with Crippen molar-refractivity contribution in [1.29, 1.82) is 0 Å². The third-order valence-electron chi connectivity index (χ3n) is 3.48. The second kappa shape index (κ2) is 6.48. The molecule has 1 aromatic carbocycles. The molecular weight excluding hydrogens is 296 g/mol. The van der Waals surface area contributed by atoms with Crippen LogP contribution in [0.25, 0.3) is 11.0 Å². The Kier molecular flexibility index (Phi) is 4.23. The number of carbonyl (C=O) groups excluding carboxylic acids is 2. The molecule has 0 saturated carbocycles. The number of para-hydroxylation sites is 1. The van der Waals surface area contributed by atoms with Crippen molar-refractivity contribution in [1.82, 2.24) is 10.5 Å². The molecule has 118 valence electrons. The lowest BCUT2D eigenvalue weighted by atomic mass is 10.1. The van der Waals surface area contributed by atoms with E-state index in [4.69, 9.17) is 8.94 Å². The summed E-state index contributed by atoms with van der Waals surface area (Å²) in [5.41, 5.74) is 1.24. The first kappa shape index (κ1) is 15.0. The number of carbonyl (C=O) groups is 2. The number of amides is 1. The van der Waals surface area contributed by atoms with Crippen molar-refractivity contribution in [2.45, 2.75) is 25.8 Å². The molecule has 0 fully saturated rings. The van der Waals surface area contributed by atoms with E-state index in [0.29, 0.717) is 17.0 Å². The number of rotatable bonds is 6. The first-order valence-corrected chi connectivity index (χ1v) is 7.33. The highest BCUT2D eigenvalue weighted by Crippen LogP contribution is 2.18. The minimum absolute atomic E-state index is 0.107. The maximum atomic E-state index is 12.1. The van der Waals surface area contributed by atoms with Gasteiger partial charge >= 0.3 is 0 Å². The predicted molar refractivity (Wildman–Crippen MR) is 83.0 cm³/mol. The highest BCUT2D eigenvalue weighted by molar-refractivity contribution is 5.94. The smallest absolute Gasteiger partial charge is 0.226 e. The number of nitrogens with one attached hydrogen (secondary N) is 1. The normalized spacial score (nSPS) is 12.2. The van der Waals surface area contributed by atoms with E-state index in [-0.39, 0.29) is 30.6 Å². The summed E-state index contributed by atoms with van der Waals surface area (Å²) in [4.78, 5) is 24.0. The molecule has 0 aliphatic heterocycles. The monoisotopic (exact) mass is 312 g/mol. The lowest BCUT2D eigenvalue weighted by Gasteiger charge is -2.11. The van der Waals surface area contributed by atoms with Crippen LogP contribution in [-0.2, 0) is 11.2 Å². The Hall–Kier alpha value is -2.89. The molecule has 0 aliphatic carbocycles. The van der Waals surface area contributed by atoms with Crippen LogP contribution in [0.15, 0.2) is 51.6 Å². The number of aromatic nitrogens is 1. The summed E-state index contributed by atoms with van der Waals surface area (Å²) in [6.07, 6.45) is 1.74. The van der Waals surface area contributed by atoms with Gasteiger partial charge in [0.15, 0.2) is 17.1 Å². The van der Waals surface area contributed by atoms with Gasteiger partial charge in [0, 0.05) is 17.8 Å². The summed E-state index contributed by atoms with van der Waals surface area (Å²) < 4.78 is 10.2. The molecule has 2 heterocycles. The van der Waals surface area contributed by atoms with Gasteiger partial charge in [-0.25, -0.2) is 0 Å². The summed E-state index contributed by atoms with van der Waals surface area (Å²) in [6, 6.07) is 10.3. The SMILES string of the molecule is CC(CC(=O)c1ccco1)NC(=O)Cc1noc2ccccc12. The van der Waals surface area contributed by atoms with E-state index in [1.807, 2.05) is 18.2 Å². The Morgan fingerprint density at radius 3 is 2.83 bits per heavy atom. The molecule has 23 heavy (non-hydrogen) atoms. The predicted octanol–water partition coefficient (Wildman–Crippen LogP) is 2.74.